The lowest BCUT2D eigenvalue weighted by molar-refractivity contribution is -0.104. The zero-order valence-corrected chi connectivity index (χ0v) is 9.60. The van der Waals surface area contributed by atoms with Gasteiger partial charge in [0.15, 0.2) is 12.6 Å². The Balaban J connectivity index is 1.76. The molecule has 0 atom stereocenters. The number of hydrogen-bond donors (Lipinski definition) is 0. The summed E-state index contributed by atoms with van der Waals surface area (Å²) < 4.78 is 22.0. The molecule has 92 valence electrons. The molecule has 0 spiro atoms. The van der Waals surface area contributed by atoms with Gasteiger partial charge in [0.1, 0.15) is 0 Å². The van der Waals surface area contributed by atoms with E-state index in [1.807, 2.05) is 12.2 Å². The van der Waals surface area contributed by atoms with Gasteiger partial charge in [-0.05, 0) is 37.8 Å². The standard InChI is InChI=1S/C12H20O4/c1-2-8-14-11(13-7-1)5-6-12-15-9-3-4-10-16-12/h5-6,11-12H,1-4,7-10H2. The van der Waals surface area contributed by atoms with Gasteiger partial charge in [0.2, 0.25) is 0 Å². The first-order valence-electron chi connectivity index (χ1n) is 6.10. The summed E-state index contributed by atoms with van der Waals surface area (Å²) in [6.45, 7) is 3.06. The van der Waals surface area contributed by atoms with Crippen molar-refractivity contribution in [1.29, 1.82) is 0 Å². The van der Waals surface area contributed by atoms with Crippen LogP contribution in [0.25, 0.3) is 0 Å². The molecular weight excluding hydrogens is 208 g/mol. The lowest BCUT2D eigenvalue weighted by Gasteiger charge is -2.14. The summed E-state index contributed by atoms with van der Waals surface area (Å²) in [5.41, 5.74) is 0. The quantitative estimate of drug-likeness (QED) is 0.676. The fourth-order valence-electron chi connectivity index (χ4n) is 1.71. The summed E-state index contributed by atoms with van der Waals surface area (Å²) in [4.78, 5) is 0. The van der Waals surface area contributed by atoms with Crippen LogP contribution in [0.1, 0.15) is 25.7 Å². The zero-order valence-electron chi connectivity index (χ0n) is 9.60. The molecule has 2 aliphatic heterocycles. The third kappa shape index (κ3) is 4.22. The molecule has 2 fully saturated rings. The minimum atomic E-state index is -0.238. The second-order valence-corrected chi connectivity index (χ2v) is 4.02. The maximum Gasteiger partial charge on any atom is 0.176 e. The van der Waals surface area contributed by atoms with E-state index in [0.29, 0.717) is 0 Å². The predicted molar refractivity (Wildman–Crippen MR) is 59.0 cm³/mol. The summed E-state index contributed by atoms with van der Waals surface area (Å²) >= 11 is 0. The smallest absolute Gasteiger partial charge is 0.176 e. The van der Waals surface area contributed by atoms with Gasteiger partial charge in [-0.25, -0.2) is 0 Å². The van der Waals surface area contributed by atoms with Crippen LogP contribution in [0.3, 0.4) is 0 Å². The summed E-state index contributed by atoms with van der Waals surface area (Å²) in [6, 6.07) is 0. The molecule has 4 nitrogen and oxygen atoms in total. The van der Waals surface area contributed by atoms with Gasteiger partial charge in [-0.15, -0.1) is 0 Å². The second-order valence-electron chi connectivity index (χ2n) is 4.02. The fraction of sp³-hybridized carbons (Fsp3) is 0.833. The first-order chi connectivity index (χ1) is 7.95. The van der Waals surface area contributed by atoms with Crippen molar-refractivity contribution in [2.24, 2.45) is 0 Å². The molecule has 2 aliphatic rings. The Labute approximate surface area is 96.5 Å². The van der Waals surface area contributed by atoms with Crippen LogP contribution < -0.4 is 0 Å². The molecule has 0 aliphatic carbocycles. The van der Waals surface area contributed by atoms with Crippen molar-refractivity contribution in [2.75, 3.05) is 26.4 Å². The highest BCUT2D eigenvalue weighted by atomic mass is 16.7. The van der Waals surface area contributed by atoms with Crippen molar-refractivity contribution >= 4 is 0 Å². The van der Waals surface area contributed by atoms with E-state index in [4.69, 9.17) is 18.9 Å². The topological polar surface area (TPSA) is 36.9 Å². The summed E-state index contributed by atoms with van der Waals surface area (Å²) in [5, 5.41) is 0. The number of rotatable bonds is 2. The first-order valence-corrected chi connectivity index (χ1v) is 6.10. The van der Waals surface area contributed by atoms with Gasteiger partial charge in [0.05, 0.1) is 26.4 Å². The van der Waals surface area contributed by atoms with Gasteiger partial charge in [-0.1, -0.05) is 0 Å². The summed E-state index contributed by atoms with van der Waals surface area (Å²) in [5.74, 6) is 0. The van der Waals surface area contributed by atoms with Crippen LogP contribution in [-0.2, 0) is 18.9 Å². The van der Waals surface area contributed by atoms with Gasteiger partial charge in [-0.2, -0.15) is 0 Å². The molecule has 2 rings (SSSR count). The Kier molecular flexibility index (Phi) is 5.28. The van der Waals surface area contributed by atoms with Crippen LogP contribution >= 0.6 is 0 Å². The number of hydrogen-bond acceptors (Lipinski definition) is 4. The van der Waals surface area contributed by atoms with E-state index in [0.717, 1.165) is 52.1 Å². The Morgan fingerprint density at radius 1 is 0.562 bits per heavy atom. The average Bonchev–Trinajstić information content (AvgIpc) is 2.71. The van der Waals surface area contributed by atoms with Crippen LogP contribution in [0.5, 0.6) is 0 Å². The molecule has 0 aromatic carbocycles. The monoisotopic (exact) mass is 228 g/mol. The zero-order chi connectivity index (χ0) is 11.1. The Bertz CT molecular complexity index is 179. The van der Waals surface area contributed by atoms with E-state index in [1.165, 1.54) is 0 Å². The van der Waals surface area contributed by atoms with Crippen molar-refractivity contribution in [3.8, 4) is 0 Å². The van der Waals surface area contributed by atoms with Crippen molar-refractivity contribution in [2.45, 2.75) is 38.3 Å². The van der Waals surface area contributed by atoms with Gasteiger partial charge in [-0.3, -0.25) is 0 Å². The fourth-order valence-corrected chi connectivity index (χ4v) is 1.71. The summed E-state index contributed by atoms with van der Waals surface area (Å²) in [7, 11) is 0. The molecule has 0 radical (unpaired) electrons. The molecule has 0 aromatic rings. The van der Waals surface area contributed by atoms with E-state index in [2.05, 4.69) is 0 Å². The predicted octanol–water partition coefficient (Wildman–Crippen LogP) is 1.85. The molecular formula is C12H20O4. The first kappa shape index (κ1) is 12.0. The Hall–Kier alpha value is -0.420. The second kappa shape index (κ2) is 7.01. The van der Waals surface area contributed by atoms with Gasteiger partial charge >= 0.3 is 0 Å². The number of ether oxygens (including phenoxy) is 4. The summed E-state index contributed by atoms with van der Waals surface area (Å²) in [6.07, 6.45) is 7.59. The minimum absolute atomic E-state index is 0.238. The lowest BCUT2D eigenvalue weighted by atomic mass is 10.3. The molecule has 2 heterocycles. The molecule has 0 unspecified atom stereocenters. The largest absolute Gasteiger partial charge is 0.349 e. The Morgan fingerprint density at radius 2 is 0.875 bits per heavy atom. The normalized spacial score (nSPS) is 26.8. The highest BCUT2D eigenvalue weighted by Gasteiger charge is 2.12. The van der Waals surface area contributed by atoms with Crippen LogP contribution in [0.4, 0.5) is 0 Å². The third-order valence-electron chi connectivity index (χ3n) is 2.63. The third-order valence-corrected chi connectivity index (χ3v) is 2.63. The van der Waals surface area contributed by atoms with Crippen LogP contribution in [0.15, 0.2) is 12.2 Å². The van der Waals surface area contributed by atoms with Gasteiger partial charge < -0.3 is 18.9 Å². The van der Waals surface area contributed by atoms with Gasteiger partial charge in [0, 0.05) is 0 Å². The molecule has 0 bridgehead atoms. The molecule has 0 N–H and O–H groups in total. The highest BCUT2D eigenvalue weighted by molar-refractivity contribution is 4.89. The maximum atomic E-state index is 5.51. The lowest BCUT2D eigenvalue weighted by Crippen LogP contribution is -2.16. The highest BCUT2D eigenvalue weighted by Crippen LogP contribution is 2.10. The molecule has 2 saturated heterocycles. The van der Waals surface area contributed by atoms with E-state index in [-0.39, 0.29) is 12.6 Å². The molecule has 0 aromatic heterocycles. The van der Waals surface area contributed by atoms with E-state index >= 15 is 0 Å². The molecule has 4 heteroatoms. The van der Waals surface area contributed by atoms with Crippen molar-refractivity contribution in [1.82, 2.24) is 0 Å². The Morgan fingerprint density at radius 3 is 1.19 bits per heavy atom. The molecule has 0 amide bonds. The maximum absolute atomic E-state index is 5.51. The minimum Gasteiger partial charge on any atom is -0.349 e. The van der Waals surface area contributed by atoms with E-state index in [1.54, 1.807) is 0 Å². The molecule has 0 saturated carbocycles. The van der Waals surface area contributed by atoms with Crippen molar-refractivity contribution in [3.63, 3.8) is 0 Å². The van der Waals surface area contributed by atoms with Crippen molar-refractivity contribution < 1.29 is 18.9 Å². The average molecular weight is 228 g/mol. The van der Waals surface area contributed by atoms with Crippen LogP contribution in [-0.4, -0.2) is 39.0 Å². The van der Waals surface area contributed by atoms with Crippen LogP contribution in [0, 0.1) is 0 Å². The van der Waals surface area contributed by atoms with E-state index in [9.17, 15) is 0 Å². The molecule has 16 heavy (non-hydrogen) atoms. The van der Waals surface area contributed by atoms with Gasteiger partial charge in [0.25, 0.3) is 0 Å². The van der Waals surface area contributed by atoms with Crippen molar-refractivity contribution in [3.05, 3.63) is 12.2 Å². The SMILES string of the molecule is C(=CC1OCCCCO1)C1OCCCCO1. The van der Waals surface area contributed by atoms with Crippen LogP contribution in [0.2, 0.25) is 0 Å². The van der Waals surface area contributed by atoms with E-state index < -0.39 is 0 Å².